The molecule has 1 atom stereocenters. The van der Waals surface area contributed by atoms with Crippen LogP contribution in [0.15, 0.2) is 12.1 Å². The molecule has 0 spiro atoms. The molecule has 2 rings (SSSR count). The molecule has 7 heteroatoms. The summed E-state index contributed by atoms with van der Waals surface area (Å²) in [6.07, 6.45) is 0.409. The van der Waals surface area contributed by atoms with Gasteiger partial charge in [0.25, 0.3) is 5.91 Å². The van der Waals surface area contributed by atoms with E-state index in [9.17, 15) is 14.7 Å². The fourth-order valence-corrected chi connectivity index (χ4v) is 3.21. The number of hydrogen-bond acceptors (Lipinski definition) is 3. The lowest BCUT2D eigenvalue weighted by Gasteiger charge is -2.22. The van der Waals surface area contributed by atoms with Gasteiger partial charge in [0.1, 0.15) is 5.78 Å². The summed E-state index contributed by atoms with van der Waals surface area (Å²) in [4.78, 5) is 25.4. The van der Waals surface area contributed by atoms with Gasteiger partial charge in [0.2, 0.25) is 0 Å². The fourth-order valence-electron chi connectivity index (χ4n) is 2.54. The maximum atomic E-state index is 12.6. The van der Waals surface area contributed by atoms with Crippen LogP contribution in [0.25, 0.3) is 0 Å². The highest BCUT2D eigenvalue weighted by Gasteiger charge is 2.51. The molecule has 0 fully saturated rings. The lowest BCUT2D eigenvalue weighted by atomic mass is 9.90. The van der Waals surface area contributed by atoms with Crippen molar-refractivity contribution in [1.29, 1.82) is 0 Å². The average Bonchev–Trinajstić information content (AvgIpc) is 2.61. The summed E-state index contributed by atoms with van der Waals surface area (Å²) in [6.45, 7) is 1.72. The molecule has 4 nitrogen and oxygen atoms in total. The molecule has 1 heterocycles. The number of carbonyl (C=O) groups is 2. The Morgan fingerprint density at radius 1 is 1.43 bits per heavy atom. The summed E-state index contributed by atoms with van der Waals surface area (Å²) in [6, 6.07) is 3.08. The average molecular weight is 395 g/mol. The normalized spacial score (nSPS) is 20.8. The molecule has 1 aliphatic heterocycles. The Labute approximate surface area is 141 Å². The molecular weight excluding hydrogens is 381 g/mol. The Balaban J connectivity index is 2.58. The third-order valence-corrected chi connectivity index (χ3v) is 4.76. The summed E-state index contributed by atoms with van der Waals surface area (Å²) in [5.74, 6) is -0.803. The number of fused-ring (bicyclic) bond motifs is 1. The third-order valence-electron chi connectivity index (χ3n) is 3.40. The highest BCUT2D eigenvalue weighted by molar-refractivity contribution is 9.09. The van der Waals surface area contributed by atoms with E-state index in [2.05, 4.69) is 15.9 Å². The number of carbonyl (C=O) groups excluding carboxylic acids is 2. The highest BCUT2D eigenvalue weighted by Crippen LogP contribution is 2.48. The molecule has 0 radical (unpaired) electrons. The SMILES string of the molecule is CC(=O)CC1(O)C(=O)N(CCCBr)c2c1ccc(Cl)c2Cl. The molecule has 0 bridgehead atoms. The molecule has 1 aromatic rings. The van der Waals surface area contributed by atoms with Gasteiger partial charge in [-0.05, 0) is 19.4 Å². The number of aliphatic hydroxyl groups is 1. The first-order valence-corrected chi connectivity index (χ1v) is 8.29. The van der Waals surface area contributed by atoms with E-state index in [1.165, 1.54) is 17.9 Å². The van der Waals surface area contributed by atoms with E-state index in [1.54, 1.807) is 6.07 Å². The molecule has 1 unspecified atom stereocenters. The number of nitrogens with zero attached hydrogens (tertiary/aromatic N) is 1. The van der Waals surface area contributed by atoms with Gasteiger partial charge in [-0.15, -0.1) is 0 Å². The predicted octanol–water partition coefficient (Wildman–Crippen LogP) is 3.29. The second-order valence-corrected chi connectivity index (χ2v) is 6.57. The van der Waals surface area contributed by atoms with E-state index < -0.39 is 11.5 Å². The predicted molar refractivity (Wildman–Crippen MR) is 86.4 cm³/mol. The molecular formula is C14H14BrCl2NO3. The maximum absolute atomic E-state index is 12.6. The van der Waals surface area contributed by atoms with Crippen LogP contribution in [0.2, 0.25) is 10.0 Å². The largest absolute Gasteiger partial charge is 0.375 e. The summed E-state index contributed by atoms with van der Waals surface area (Å²) in [5.41, 5.74) is -1.12. The fraction of sp³-hybridized carbons (Fsp3) is 0.429. The van der Waals surface area contributed by atoms with E-state index in [4.69, 9.17) is 23.2 Å². The Kier molecular flexibility index (Phi) is 4.98. The standard InChI is InChI=1S/C14H14BrCl2NO3/c1-8(19)7-14(21)9-3-4-10(16)11(17)12(9)18(13(14)20)6-2-5-15/h3-4,21H,2,5-7H2,1H3. The second kappa shape index (κ2) is 6.24. The summed E-state index contributed by atoms with van der Waals surface area (Å²) >= 11 is 15.5. The van der Waals surface area contributed by atoms with Crippen LogP contribution in [0.5, 0.6) is 0 Å². The molecule has 1 aromatic carbocycles. The van der Waals surface area contributed by atoms with Crippen molar-refractivity contribution in [2.75, 3.05) is 16.8 Å². The number of halogens is 3. The van der Waals surface area contributed by atoms with Crippen LogP contribution in [0.3, 0.4) is 0 Å². The van der Waals surface area contributed by atoms with E-state index in [0.717, 1.165) is 0 Å². The van der Waals surface area contributed by atoms with Crippen LogP contribution < -0.4 is 4.90 Å². The third kappa shape index (κ3) is 2.84. The number of anilines is 1. The number of ketones is 1. The van der Waals surface area contributed by atoms with Gasteiger partial charge >= 0.3 is 0 Å². The van der Waals surface area contributed by atoms with Crippen LogP contribution in [0.4, 0.5) is 5.69 Å². The van der Waals surface area contributed by atoms with E-state index in [0.29, 0.717) is 34.6 Å². The van der Waals surface area contributed by atoms with Gasteiger partial charge in [-0.2, -0.15) is 0 Å². The van der Waals surface area contributed by atoms with Gasteiger partial charge < -0.3 is 10.0 Å². The molecule has 1 aliphatic rings. The minimum atomic E-state index is -1.86. The lowest BCUT2D eigenvalue weighted by Crippen LogP contribution is -2.42. The first-order valence-electron chi connectivity index (χ1n) is 6.41. The summed E-state index contributed by atoms with van der Waals surface area (Å²) < 4.78 is 0. The van der Waals surface area contributed by atoms with Crippen molar-refractivity contribution < 1.29 is 14.7 Å². The Bertz CT molecular complexity index is 608. The van der Waals surface area contributed by atoms with Crippen LogP contribution in [-0.4, -0.2) is 28.7 Å². The number of alkyl halides is 1. The smallest absolute Gasteiger partial charge is 0.264 e. The zero-order valence-corrected chi connectivity index (χ0v) is 14.4. The quantitative estimate of drug-likeness (QED) is 0.779. The molecule has 21 heavy (non-hydrogen) atoms. The highest BCUT2D eigenvalue weighted by atomic mass is 79.9. The van der Waals surface area contributed by atoms with Crippen molar-refractivity contribution in [3.05, 3.63) is 27.7 Å². The van der Waals surface area contributed by atoms with Gasteiger partial charge in [-0.1, -0.05) is 45.2 Å². The number of hydrogen-bond donors (Lipinski definition) is 1. The number of Topliss-reactive ketones (excluding diaryl/α,β-unsaturated/α-hetero) is 1. The Morgan fingerprint density at radius 3 is 2.67 bits per heavy atom. The van der Waals surface area contributed by atoms with Gasteiger partial charge in [-0.25, -0.2) is 0 Å². The number of benzene rings is 1. The molecule has 0 aromatic heterocycles. The zero-order valence-electron chi connectivity index (χ0n) is 11.3. The monoisotopic (exact) mass is 393 g/mol. The molecule has 0 saturated heterocycles. The van der Waals surface area contributed by atoms with Gasteiger partial charge in [-0.3, -0.25) is 9.59 Å². The summed E-state index contributed by atoms with van der Waals surface area (Å²) in [7, 11) is 0. The van der Waals surface area contributed by atoms with Crippen LogP contribution in [0.1, 0.15) is 25.3 Å². The van der Waals surface area contributed by atoms with E-state index in [-0.39, 0.29) is 17.2 Å². The van der Waals surface area contributed by atoms with Crippen LogP contribution in [-0.2, 0) is 15.2 Å². The minimum absolute atomic E-state index is 0.219. The van der Waals surface area contributed by atoms with Crippen molar-refractivity contribution in [2.45, 2.75) is 25.4 Å². The van der Waals surface area contributed by atoms with Crippen LogP contribution in [0, 0.1) is 0 Å². The van der Waals surface area contributed by atoms with E-state index >= 15 is 0 Å². The summed E-state index contributed by atoms with van der Waals surface area (Å²) in [5, 5.41) is 12.0. The first kappa shape index (κ1) is 16.7. The van der Waals surface area contributed by atoms with Crippen molar-refractivity contribution in [3.8, 4) is 0 Å². The zero-order chi connectivity index (χ0) is 15.8. The van der Waals surface area contributed by atoms with Crippen molar-refractivity contribution in [1.82, 2.24) is 0 Å². The molecule has 0 saturated carbocycles. The topological polar surface area (TPSA) is 57.6 Å². The molecule has 0 aliphatic carbocycles. The molecule has 1 N–H and O–H groups in total. The van der Waals surface area contributed by atoms with Crippen molar-refractivity contribution >= 4 is 56.5 Å². The maximum Gasteiger partial charge on any atom is 0.264 e. The lowest BCUT2D eigenvalue weighted by molar-refractivity contribution is -0.141. The van der Waals surface area contributed by atoms with Crippen molar-refractivity contribution in [2.24, 2.45) is 0 Å². The van der Waals surface area contributed by atoms with Crippen molar-refractivity contribution in [3.63, 3.8) is 0 Å². The Hall–Kier alpha value is -0.620. The molecule has 114 valence electrons. The van der Waals surface area contributed by atoms with E-state index in [1.807, 2.05) is 0 Å². The van der Waals surface area contributed by atoms with Gasteiger partial charge in [0.15, 0.2) is 5.60 Å². The Morgan fingerprint density at radius 2 is 2.10 bits per heavy atom. The first-order chi connectivity index (χ1) is 9.82. The molecule has 1 amide bonds. The number of amides is 1. The number of rotatable bonds is 5. The van der Waals surface area contributed by atoms with Gasteiger partial charge in [0.05, 0.1) is 15.7 Å². The second-order valence-electron chi connectivity index (χ2n) is 5.00. The van der Waals surface area contributed by atoms with Crippen LogP contribution >= 0.6 is 39.1 Å². The van der Waals surface area contributed by atoms with Gasteiger partial charge in [0, 0.05) is 23.9 Å². The minimum Gasteiger partial charge on any atom is -0.375 e.